The van der Waals surface area contributed by atoms with E-state index in [2.05, 4.69) is 63.9 Å². The van der Waals surface area contributed by atoms with Gasteiger partial charge in [-0.25, -0.2) is 0 Å². The second-order valence-corrected chi connectivity index (χ2v) is 6.06. The minimum Gasteiger partial charge on any atom is -0.326 e. The van der Waals surface area contributed by atoms with Crippen LogP contribution in [0.2, 0.25) is 0 Å². The van der Waals surface area contributed by atoms with Crippen molar-refractivity contribution in [1.29, 1.82) is 0 Å². The molecule has 2 rings (SSSR count). The fourth-order valence-electron chi connectivity index (χ4n) is 2.63. The van der Waals surface area contributed by atoms with Gasteiger partial charge in [0.2, 0.25) is 0 Å². The smallest absolute Gasteiger partial charge is 0.0544 e. The van der Waals surface area contributed by atoms with Crippen LogP contribution in [0.1, 0.15) is 31.1 Å². The lowest BCUT2D eigenvalue weighted by Crippen LogP contribution is -2.39. The summed E-state index contributed by atoms with van der Waals surface area (Å²) in [6.07, 6.45) is 1.84. The van der Waals surface area contributed by atoms with Crippen molar-refractivity contribution < 1.29 is 0 Å². The first kappa shape index (κ1) is 16.1. The zero-order valence-corrected chi connectivity index (χ0v) is 14.1. The molecule has 0 aliphatic rings. The first-order chi connectivity index (χ1) is 10.1. The molecule has 0 spiro atoms. The Morgan fingerprint density at radius 3 is 2.48 bits per heavy atom. The SMILES string of the molecule is CCN(Cc1ccccn1)C(c1ccccc1Br)C(C)N. The second-order valence-electron chi connectivity index (χ2n) is 5.21. The Morgan fingerprint density at radius 2 is 1.90 bits per heavy atom. The van der Waals surface area contributed by atoms with Crippen LogP contribution in [0, 0.1) is 0 Å². The van der Waals surface area contributed by atoms with E-state index >= 15 is 0 Å². The molecule has 0 bridgehead atoms. The van der Waals surface area contributed by atoms with E-state index in [1.54, 1.807) is 0 Å². The number of nitrogens with zero attached hydrogens (tertiary/aromatic N) is 2. The summed E-state index contributed by atoms with van der Waals surface area (Å²) in [5, 5.41) is 0. The van der Waals surface area contributed by atoms with E-state index in [1.165, 1.54) is 5.56 Å². The van der Waals surface area contributed by atoms with Gasteiger partial charge in [-0.15, -0.1) is 0 Å². The van der Waals surface area contributed by atoms with Crippen LogP contribution in [0.15, 0.2) is 53.1 Å². The number of aromatic nitrogens is 1. The molecule has 3 nitrogen and oxygen atoms in total. The first-order valence-electron chi connectivity index (χ1n) is 7.27. The van der Waals surface area contributed by atoms with Gasteiger partial charge in [0.15, 0.2) is 0 Å². The number of pyridine rings is 1. The Bertz CT molecular complexity index is 557. The third-order valence-electron chi connectivity index (χ3n) is 3.61. The standard InChI is InChI=1S/C17H22BrN3/c1-3-21(12-14-8-6-7-11-20-14)17(13(2)19)15-9-4-5-10-16(15)18/h4-11,13,17H,3,12,19H2,1-2H3. The molecule has 2 atom stereocenters. The summed E-state index contributed by atoms with van der Waals surface area (Å²) in [6, 6.07) is 14.5. The van der Waals surface area contributed by atoms with Gasteiger partial charge in [-0.05, 0) is 37.2 Å². The van der Waals surface area contributed by atoms with E-state index in [9.17, 15) is 0 Å². The van der Waals surface area contributed by atoms with Gasteiger partial charge >= 0.3 is 0 Å². The Balaban J connectivity index is 2.29. The lowest BCUT2D eigenvalue weighted by molar-refractivity contribution is 0.174. The van der Waals surface area contributed by atoms with Gasteiger partial charge in [0.05, 0.1) is 11.7 Å². The maximum Gasteiger partial charge on any atom is 0.0544 e. The summed E-state index contributed by atoms with van der Waals surface area (Å²) in [6.45, 7) is 5.94. The molecule has 0 aliphatic heterocycles. The number of halogens is 1. The van der Waals surface area contributed by atoms with Crippen molar-refractivity contribution in [2.24, 2.45) is 5.73 Å². The Hall–Kier alpha value is -1.23. The molecule has 0 saturated heterocycles. The molecule has 2 N–H and O–H groups in total. The van der Waals surface area contributed by atoms with E-state index in [1.807, 2.05) is 24.4 Å². The summed E-state index contributed by atoms with van der Waals surface area (Å²) in [4.78, 5) is 6.80. The summed E-state index contributed by atoms with van der Waals surface area (Å²) in [5.74, 6) is 0. The lowest BCUT2D eigenvalue weighted by Gasteiger charge is -2.34. The van der Waals surface area contributed by atoms with Crippen LogP contribution in [-0.4, -0.2) is 22.5 Å². The van der Waals surface area contributed by atoms with Crippen LogP contribution in [0.25, 0.3) is 0 Å². The summed E-state index contributed by atoms with van der Waals surface area (Å²) < 4.78 is 1.10. The Kier molecular flexibility index (Phi) is 5.91. The predicted octanol–water partition coefficient (Wildman–Crippen LogP) is 3.75. The van der Waals surface area contributed by atoms with Gasteiger partial charge in [0.25, 0.3) is 0 Å². The normalized spacial score (nSPS) is 14.1. The van der Waals surface area contributed by atoms with Crippen molar-refractivity contribution in [2.45, 2.75) is 32.5 Å². The molecule has 2 aromatic rings. The third-order valence-corrected chi connectivity index (χ3v) is 4.33. The molecule has 0 radical (unpaired) electrons. The zero-order chi connectivity index (χ0) is 15.2. The minimum atomic E-state index is 0.0346. The summed E-state index contributed by atoms with van der Waals surface area (Å²) in [5.41, 5.74) is 8.58. The van der Waals surface area contributed by atoms with Gasteiger partial charge in [-0.1, -0.05) is 47.1 Å². The van der Waals surface area contributed by atoms with Gasteiger partial charge < -0.3 is 5.73 Å². The van der Waals surface area contributed by atoms with Crippen LogP contribution in [0.3, 0.4) is 0 Å². The van der Waals surface area contributed by atoms with Gasteiger partial charge in [-0.2, -0.15) is 0 Å². The number of benzene rings is 1. The van der Waals surface area contributed by atoms with Crippen molar-refractivity contribution in [3.63, 3.8) is 0 Å². The summed E-state index contributed by atoms with van der Waals surface area (Å²) >= 11 is 3.65. The van der Waals surface area contributed by atoms with Gasteiger partial charge in [-0.3, -0.25) is 9.88 Å². The summed E-state index contributed by atoms with van der Waals surface area (Å²) in [7, 11) is 0. The van der Waals surface area contributed by atoms with Crippen molar-refractivity contribution in [2.75, 3.05) is 6.54 Å². The average molecular weight is 348 g/mol. The molecular formula is C17H22BrN3. The van der Waals surface area contributed by atoms with E-state index in [0.29, 0.717) is 0 Å². The molecule has 1 aromatic carbocycles. The van der Waals surface area contributed by atoms with E-state index in [4.69, 9.17) is 5.73 Å². The van der Waals surface area contributed by atoms with Crippen molar-refractivity contribution in [3.05, 3.63) is 64.4 Å². The zero-order valence-electron chi connectivity index (χ0n) is 12.5. The number of hydrogen-bond donors (Lipinski definition) is 1. The topological polar surface area (TPSA) is 42.2 Å². The van der Waals surface area contributed by atoms with Crippen LogP contribution in [0.5, 0.6) is 0 Å². The monoisotopic (exact) mass is 347 g/mol. The second kappa shape index (κ2) is 7.69. The molecule has 2 unspecified atom stereocenters. The lowest BCUT2D eigenvalue weighted by atomic mass is 9.99. The first-order valence-corrected chi connectivity index (χ1v) is 8.06. The van der Waals surface area contributed by atoms with Gasteiger partial charge in [0.1, 0.15) is 0 Å². The van der Waals surface area contributed by atoms with Crippen LogP contribution >= 0.6 is 15.9 Å². The molecule has 21 heavy (non-hydrogen) atoms. The highest BCUT2D eigenvalue weighted by Crippen LogP contribution is 2.30. The van der Waals surface area contributed by atoms with Crippen LogP contribution < -0.4 is 5.73 Å². The van der Waals surface area contributed by atoms with E-state index in [0.717, 1.165) is 23.3 Å². The third kappa shape index (κ3) is 4.13. The van der Waals surface area contributed by atoms with Crippen LogP contribution in [0.4, 0.5) is 0 Å². The van der Waals surface area contributed by atoms with Crippen molar-refractivity contribution >= 4 is 15.9 Å². The minimum absolute atomic E-state index is 0.0346. The number of rotatable bonds is 6. The molecule has 112 valence electrons. The van der Waals surface area contributed by atoms with E-state index in [-0.39, 0.29) is 12.1 Å². The van der Waals surface area contributed by atoms with E-state index < -0.39 is 0 Å². The molecule has 0 aliphatic carbocycles. The largest absolute Gasteiger partial charge is 0.326 e. The Morgan fingerprint density at radius 1 is 1.19 bits per heavy atom. The van der Waals surface area contributed by atoms with Gasteiger partial charge in [0, 0.05) is 23.3 Å². The molecule has 4 heteroatoms. The van der Waals surface area contributed by atoms with Crippen molar-refractivity contribution in [1.82, 2.24) is 9.88 Å². The highest BCUT2D eigenvalue weighted by molar-refractivity contribution is 9.10. The number of hydrogen-bond acceptors (Lipinski definition) is 3. The molecule has 0 fully saturated rings. The maximum absolute atomic E-state index is 6.28. The Labute approximate surface area is 135 Å². The predicted molar refractivity (Wildman–Crippen MR) is 90.9 cm³/mol. The highest BCUT2D eigenvalue weighted by Gasteiger charge is 2.25. The fraction of sp³-hybridized carbons (Fsp3) is 0.353. The average Bonchev–Trinajstić information content (AvgIpc) is 2.49. The highest BCUT2D eigenvalue weighted by atomic mass is 79.9. The molecule has 1 heterocycles. The quantitative estimate of drug-likeness (QED) is 0.864. The molecule has 0 saturated carbocycles. The number of nitrogens with two attached hydrogens (primary N) is 1. The number of likely N-dealkylation sites (N-methyl/N-ethyl adjacent to an activating group) is 1. The fourth-order valence-corrected chi connectivity index (χ4v) is 3.15. The van der Waals surface area contributed by atoms with Crippen LogP contribution in [-0.2, 0) is 6.54 Å². The maximum atomic E-state index is 6.28. The molecular weight excluding hydrogens is 326 g/mol. The molecule has 1 aromatic heterocycles. The van der Waals surface area contributed by atoms with Crippen molar-refractivity contribution in [3.8, 4) is 0 Å². The molecule has 0 amide bonds.